The molecule has 0 spiro atoms. The number of hydrogen-bond donors (Lipinski definition) is 0. The summed E-state index contributed by atoms with van der Waals surface area (Å²) in [5.74, 6) is 1.09. The zero-order valence-electron chi connectivity index (χ0n) is 17.0. The fourth-order valence-electron chi connectivity index (χ4n) is 3.74. The van der Waals surface area contributed by atoms with Gasteiger partial charge in [0, 0.05) is 22.7 Å². The zero-order chi connectivity index (χ0) is 21.5. The number of amides is 1. The van der Waals surface area contributed by atoms with Crippen LogP contribution in [0.2, 0.25) is 5.02 Å². The van der Waals surface area contributed by atoms with Crippen molar-refractivity contribution >= 4 is 17.5 Å². The van der Waals surface area contributed by atoms with E-state index in [0.29, 0.717) is 29.0 Å². The molecule has 1 fully saturated rings. The number of oxazole rings is 1. The lowest BCUT2D eigenvalue weighted by Crippen LogP contribution is -2.45. The molecule has 1 aliphatic heterocycles. The van der Waals surface area contributed by atoms with Crippen LogP contribution in [-0.4, -0.2) is 32.5 Å². The first-order chi connectivity index (χ1) is 15.0. The molecule has 3 heterocycles. The highest BCUT2D eigenvalue weighted by molar-refractivity contribution is 6.31. The number of aromatic nitrogens is 3. The predicted molar refractivity (Wildman–Crippen MR) is 115 cm³/mol. The van der Waals surface area contributed by atoms with E-state index in [-0.39, 0.29) is 17.6 Å². The quantitative estimate of drug-likeness (QED) is 0.436. The third kappa shape index (κ3) is 3.41. The SMILES string of the molecule is Cc1cccc(-c2ocnc2C(=O)N2CCC2c2nc(-c3cccc(Cl)c3C)no2)c1. The number of halogens is 1. The van der Waals surface area contributed by atoms with E-state index in [1.807, 2.05) is 56.3 Å². The van der Waals surface area contributed by atoms with Gasteiger partial charge in [-0.2, -0.15) is 4.98 Å². The van der Waals surface area contributed by atoms with Gasteiger partial charge in [0.15, 0.2) is 17.8 Å². The van der Waals surface area contributed by atoms with Crippen molar-refractivity contribution in [2.45, 2.75) is 26.3 Å². The number of nitrogens with zero attached hydrogens (tertiary/aromatic N) is 4. The van der Waals surface area contributed by atoms with E-state index in [2.05, 4.69) is 15.1 Å². The molecular formula is C23H19ClN4O3. The highest BCUT2D eigenvalue weighted by Crippen LogP contribution is 2.36. The van der Waals surface area contributed by atoms with Crippen molar-refractivity contribution in [3.05, 3.63) is 76.6 Å². The Kier molecular flexibility index (Phi) is 4.82. The Morgan fingerprint density at radius 2 is 2.03 bits per heavy atom. The van der Waals surface area contributed by atoms with E-state index < -0.39 is 0 Å². The van der Waals surface area contributed by atoms with Gasteiger partial charge in [-0.15, -0.1) is 0 Å². The summed E-state index contributed by atoms with van der Waals surface area (Å²) in [4.78, 5) is 23.6. The molecule has 4 aromatic rings. The van der Waals surface area contributed by atoms with E-state index in [9.17, 15) is 4.79 Å². The molecule has 5 rings (SSSR count). The lowest BCUT2D eigenvalue weighted by atomic mass is 10.0. The number of benzene rings is 2. The second kappa shape index (κ2) is 7.67. The van der Waals surface area contributed by atoms with Crippen LogP contribution in [0.3, 0.4) is 0 Å². The molecule has 1 saturated heterocycles. The Labute approximate surface area is 183 Å². The van der Waals surface area contributed by atoms with Crippen LogP contribution in [0.5, 0.6) is 0 Å². The van der Waals surface area contributed by atoms with Gasteiger partial charge >= 0.3 is 0 Å². The summed E-state index contributed by atoms with van der Waals surface area (Å²) in [6.45, 7) is 4.48. The number of carbonyl (C=O) groups is 1. The molecule has 1 amide bonds. The van der Waals surface area contributed by atoms with E-state index in [4.69, 9.17) is 20.5 Å². The molecule has 1 aliphatic rings. The molecule has 2 aromatic heterocycles. The molecule has 0 bridgehead atoms. The summed E-state index contributed by atoms with van der Waals surface area (Å²) in [6.07, 6.45) is 2.03. The van der Waals surface area contributed by atoms with Gasteiger partial charge in [0.2, 0.25) is 11.7 Å². The maximum Gasteiger partial charge on any atom is 0.277 e. The number of aryl methyl sites for hydroxylation is 1. The van der Waals surface area contributed by atoms with E-state index in [1.54, 1.807) is 4.90 Å². The van der Waals surface area contributed by atoms with Crippen LogP contribution < -0.4 is 0 Å². The van der Waals surface area contributed by atoms with Gasteiger partial charge in [-0.3, -0.25) is 4.79 Å². The van der Waals surface area contributed by atoms with E-state index in [1.165, 1.54) is 6.39 Å². The monoisotopic (exact) mass is 434 g/mol. The fourth-order valence-corrected chi connectivity index (χ4v) is 3.92. The first-order valence-corrected chi connectivity index (χ1v) is 10.3. The average Bonchev–Trinajstić information content (AvgIpc) is 3.39. The zero-order valence-corrected chi connectivity index (χ0v) is 17.8. The predicted octanol–water partition coefficient (Wildman–Crippen LogP) is 5.25. The lowest BCUT2D eigenvalue weighted by molar-refractivity contribution is 0.0374. The second-order valence-corrected chi connectivity index (χ2v) is 7.98. The van der Waals surface area contributed by atoms with Crippen molar-refractivity contribution in [2.24, 2.45) is 0 Å². The minimum atomic E-state index is -0.296. The fraction of sp³-hybridized carbons (Fsp3) is 0.217. The number of likely N-dealkylation sites (tertiary alicyclic amines) is 1. The molecule has 2 aromatic carbocycles. The largest absolute Gasteiger partial charge is 0.443 e. The highest BCUT2D eigenvalue weighted by Gasteiger charge is 2.40. The first kappa shape index (κ1) is 19.5. The molecule has 0 N–H and O–H groups in total. The smallest absolute Gasteiger partial charge is 0.277 e. The minimum Gasteiger partial charge on any atom is -0.443 e. The normalized spacial score (nSPS) is 15.7. The van der Waals surface area contributed by atoms with Crippen molar-refractivity contribution in [3.63, 3.8) is 0 Å². The molecule has 31 heavy (non-hydrogen) atoms. The van der Waals surface area contributed by atoms with Gasteiger partial charge in [-0.05, 0) is 38.0 Å². The Bertz CT molecular complexity index is 1280. The molecule has 0 saturated carbocycles. The van der Waals surface area contributed by atoms with E-state index >= 15 is 0 Å². The van der Waals surface area contributed by atoms with Crippen LogP contribution in [0.25, 0.3) is 22.7 Å². The maximum atomic E-state index is 13.2. The van der Waals surface area contributed by atoms with Crippen molar-refractivity contribution in [2.75, 3.05) is 6.54 Å². The summed E-state index contributed by atoms with van der Waals surface area (Å²) < 4.78 is 11.1. The third-order valence-corrected chi connectivity index (χ3v) is 5.98. The third-order valence-electron chi connectivity index (χ3n) is 5.57. The topological polar surface area (TPSA) is 85.3 Å². The molecule has 0 aliphatic carbocycles. The summed E-state index contributed by atoms with van der Waals surface area (Å²) in [5, 5.41) is 4.74. The Morgan fingerprint density at radius 1 is 1.19 bits per heavy atom. The van der Waals surface area contributed by atoms with Gasteiger partial charge in [0.05, 0.1) is 0 Å². The first-order valence-electron chi connectivity index (χ1n) is 9.93. The van der Waals surface area contributed by atoms with E-state index in [0.717, 1.165) is 28.7 Å². The van der Waals surface area contributed by atoms with Crippen LogP contribution in [0.15, 0.2) is 57.8 Å². The number of rotatable bonds is 4. The molecule has 7 nitrogen and oxygen atoms in total. The maximum absolute atomic E-state index is 13.2. The molecule has 8 heteroatoms. The Balaban J connectivity index is 1.41. The average molecular weight is 435 g/mol. The van der Waals surface area contributed by atoms with Gasteiger partial charge in [-0.1, -0.05) is 52.7 Å². The van der Waals surface area contributed by atoms with Gasteiger partial charge < -0.3 is 13.8 Å². The molecular weight excluding hydrogens is 416 g/mol. The summed E-state index contributed by atoms with van der Waals surface area (Å²) in [7, 11) is 0. The standard InChI is InChI=1S/C23H19ClN4O3/c1-13-5-3-6-15(11-13)20-19(25-12-30-20)23(29)28-10-9-18(28)22-26-21(27-31-22)16-7-4-8-17(24)14(16)2/h3-8,11-12,18H,9-10H2,1-2H3. The van der Waals surface area contributed by atoms with Gasteiger partial charge in [-0.25, -0.2) is 4.98 Å². The van der Waals surface area contributed by atoms with Crippen LogP contribution in [-0.2, 0) is 0 Å². The number of carbonyl (C=O) groups excluding carboxylic acids is 1. The van der Waals surface area contributed by atoms with Crippen molar-refractivity contribution in [1.82, 2.24) is 20.0 Å². The van der Waals surface area contributed by atoms with Crippen molar-refractivity contribution in [1.29, 1.82) is 0 Å². The highest BCUT2D eigenvalue weighted by atomic mass is 35.5. The second-order valence-electron chi connectivity index (χ2n) is 7.57. The van der Waals surface area contributed by atoms with Crippen molar-refractivity contribution in [3.8, 4) is 22.7 Å². The number of hydrogen-bond acceptors (Lipinski definition) is 6. The molecule has 156 valence electrons. The Morgan fingerprint density at radius 3 is 2.81 bits per heavy atom. The molecule has 1 unspecified atom stereocenters. The summed E-state index contributed by atoms with van der Waals surface area (Å²) >= 11 is 6.21. The summed E-state index contributed by atoms with van der Waals surface area (Å²) in [6, 6.07) is 13.0. The summed E-state index contributed by atoms with van der Waals surface area (Å²) in [5.41, 5.74) is 3.85. The molecule has 1 atom stereocenters. The molecule has 0 radical (unpaired) electrons. The minimum absolute atomic E-state index is 0.222. The van der Waals surface area contributed by atoms with Gasteiger partial charge in [0.1, 0.15) is 6.04 Å². The lowest BCUT2D eigenvalue weighted by Gasteiger charge is -2.38. The van der Waals surface area contributed by atoms with Crippen LogP contribution in [0.4, 0.5) is 0 Å². The Hall–Kier alpha value is -3.45. The van der Waals surface area contributed by atoms with Crippen molar-refractivity contribution < 1.29 is 13.7 Å². The van der Waals surface area contributed by atoms with Gasteiger partial charge in [0.25, 0.3) is 5.91 Å². The van der Waals surface area contributed by atoms with Crippen LogP contribution in [0.1, 0.15) is 40.0 Å². The van der Waals surface area contributed by atoms with Crippen LogP contribution >= 0.6 is 11.6 Å². The van der Waals surface area contributed by atoms with Crippen LogP contribution in [0, 0.1) is 13.8 Å².